The Balaban J connectivity index is 1.76. The quantitative estimate of drug-likeness (QED) is 0.674. The van der Waals surface area contributed by atoms with Crippen molar-refractivity contribution in [2.45, 2.75) is 11.3 Å². The van der Waals surface area contributed by atoms with Gasteiger partial charge < -0.3 is 10.1 Å². The van der Waals surface area contributed by atoms with E-state index >= 15 is 0 Å². The van der Waals surface area contributed by atoms with Crippen molar-refractivity contribution in [1.29, 1.82) is 5.26 Å². The number of carbonyl (C=O) groups is 1. The number of ether oxygens (including phenoxy) is 1. The number of nitrogens with zero attached hydrogens (tertiary/aromatic N) is 2. The molecule has 0 unspecified atom stereocenters. The maximum atomic E-state index is 13.0. The van der Waals surface area contributed by atoms with Crippen molar-refractivity contribution >= 4 is 39.1 Å². The average Bonchev–Trinajstić information content (AvgIpc) is 2.69. The summed E-state index contributed by atoms with van der Waals surface area (Å²) in [5.41, 5.74) is -0.178. The summed E-state index contributed by atoms with van der Waals surface area (Å²) in [7, 11) is -2.31. The third-order valence-corrected chi connectivity index (χ3v) is 7.39. The maximum absolute atomic E-state index is 13.0. The fraction of sp³-hybridized carbons (Fsp3) is 0.300. The summed E-state index contributed by atoms with van der Waals surface area (Å²) in [5, 5.41) is 11.8. The molecule has 7 nitrogen and oxygen atoms in total. The molecule has 0 saturated carbocycles. The minimum atomic E-state index is -3.84. The van der Waals surface area contributed by atoms with Gasteiger partial charge in [0, 0.05) is 37.0 Å². The molecule has 1 aliphatic heterocycles. The molecule has 1 fully saturated rings. The third kappa shape index (κ3) is 4.71. The summed E-state index contributed by atoms with van der Waals surface area (Å²) in [5.74, 6) is 0.326. The molecule has 3 rings (SSSR count). The number of carbonyl (C=O) groups excluding carboxylic acids is 1. The van der Waals surface area contributed by atoms with E-state index in [0.717, 1.165) is 0 Å². The van der Waals surface area contributed by atoms with Crippen molar-refractivity contribution in [2.24, 2.45) is 5.41 Å². The molecule has 0 atom stereocenters. The van der Waals surface area contributed by atoms with Gasteiger partial charge in [-0.2, -0.15) is 9.57 Å². The van der Waals surface area contributed by atoms with E-state index in [9.17, 15) is 13.2 Å². The molecule has 1 amide bonds. The van der Waals surface area contributed by atoms with Crippen LogP contribution in [0.5, 0.6) is 5.75 Å². The summed E-state index contributed by atoms with van der Waals surface area (Å²) in [6.07, 6.45) is 0.111. The zero-order valence-electron chi connectivity index (χ0n) is 16.1. The van der Waals surface area contributed by atoms with Crippen LogP contribution in [-0.2, 0) is 14.8 Å². The first-order valence-corrected chi connectivity index (χ1v) is 11.2. The molecule has 0 aromatic heterocycles. The standard InChI is InChI=1S/C20H19Cl2N3O4S/c1-24-19(26)9-20(13-29-16-5-2-14(10-23)3-6-16)11-25(12-20)30(27,28)18-7-4-15(21)8-17(18)22/h2-8H,9,11-13H2,1H3,(H,24,26). The van der Waals surface area contributed by atoms with E-state index < -0.39 is 15.4 Å². The number of nitriles is 1. The van der Waals surface area contributed by atoms with E-state index in [4.69, 9.17) is 33.2 Å². The van der Waals surface area contributed by atoms with Gasteiger partial charge in [-0.25, -0.2) is 8.42 Å². The highest BCUT2D eigenvalue weighted by Gasteiger charge is 2.50. The second-order valence-corrected chi connectivity index (χ2v) is 9.87. The highest BCUT2D eigenvalue weighted by Crippen LogP contribution is 2.40. The van der Waals surface area contributed by atoms with Crippen LogP contribution < -0.4 is 10.1 Å². The lowest BCUT2D eigenvalue weighted by Crippen LogP contribution is -2.62. The lowest BCUT2D eigenvalue weighted by Gasteiger charge is -2.48. The zero-order chi connectivity index (χ0) is 21.9. The number of halogens is 2. The Hall–Kier alpha value is -2.31. The van der Waals surface area contributed by atoms with Crippen LogP contribution in [0.15, 0.2) is 47.4 Å². The van der Waals surface area contributed by atoms with E-state index in [0.29, 0.717) is 16.3 Å². The number of nitrogens with one attached hydrogen (secondary N) is 1. The number of amides is 1. The van der Waals surface area contributed by atoms with Gasteiger partial charge >= 0.3 is 0 Å². The van der Waals surface area contributed by atoms with E-state index in [-0.39, 0.29) is 41.9 Å². The van der Waals surface area contributed by atoms with Gasteiger partial charge in [-0.05, 0) is 42.5 Å². The molecular formula is C20H19Cl2N3O4S. The normalized spacial score (nSPS) is 15.7. The van der Waals surface area contributed by atoms with Crippen LogP contribution in [0.3, 0.4) is 0 Å². The number of hydrogen-bond acceptors (Lipinski definition) is 5. The van der Waals surface area contributed by atoms with Gasteiger partial charge in [-0.1, -0.05) is 23.2 Å². The van der Waals surface area contributed by atoms with Crippen LogP contribution in [-0.4, -0.2) is 45.4 Å². The smallest absolute Gasteiger partial charge is 0.244 e. The molecule has 10 heteroatoms. The SMILES string of the molecule is CNC(=O)CC1(COc2ccc(C#N)cc2)CN(S(=O)(=O)c2ccc(Cl)cc2Cl)C1. The molecule has 1 aliphatic rings. The van der Waals surface area contributed by atoms with E-state index in [2.05, 4.69) is 5.32 Å². The highest BCUT2D eigenvalue weighted by atomic mass is 35.5. The van der Waals surface area contributed by atoms with Gasteiger partial charge in [-0.3, -0.25) is 4.79 Å². The molecule has 1 saturated heterocycles. The molecule has 30 heavy (non-hydrogen) atoms. The van der Waals surface area contributed by atoms with Crippen molar-refractivity contribution in [3.8, 4) is 11.8 Å². The average molecular weight is 468 g/mol. The summed E-state index contributed by atoms with van der Waals surface area (Å²) in [6.45, 7) is 0.364. The van der Waals surface area contributed by atoms with Gasteiger partial charge in [0.25, 0.3) is 0 Å². The van der Waals surface area contributed by atoms with Crippen molar-refractivity contribution in [2.75, 3.05) is 26.7 Å². The van der Waals surface area contributed by atoms with Crippen LogP contribution in [0.25, 0.3) is 0 Å². The van der Waals surface area contributed by atoms with Crippen LogP contribution in [0.4, 0.5) is 0 Å². The van der Waals surface area contributed by atoms with Crippen LogP contribution in [0.1, 0.15) is 12.0 Å². The molecule has 2 aromatic rings. The Bertz CT molecular complexity index is 1090. The number of benzene rings is 2. The highest BCUT2D eigenvalue weighted by molar-refractivity contribution is 7.89. The monoisotopic (exact) mass is 467 g/mol. The van der Waals surface area contributed by atoms with Crippen molar-refractivity contribution in [3.05, 3.63) is 58.1 Å². The Kier molecular flexibility index (Phi) is 6.58. The lowest BCUT2D eigenvalue weighted by atomic mass is 9.79. The largest absolute Gasteiger partial charge is 0.493 e. The van der Waals surface area contributed by atoms with Gasteiger partial charge in [-0.15, -0.1) is 0 Å². The lowest BCUT2D eigenvalue weighted by molar-refractivity contribution is -0.126. The van der Waals surface area contributed by atoms with Gasteiger partial charge in [0.2, 0.25) is 15.9 Å². The van der Waals surface area contributed by atoms with Crippen LogP contribution in [0, 0.1) is 16.7 Å². The topological polar surface area (TPSA) is 99.5 Å². The Morgan fingerprint density at radius 2 is 1.90 bits per heavy atom. The Morgan fingerprint density at radius 3 is 2.47 bits per heavy atom. The van der Waals surface area contributed by atoms with E-state index in [1.54, 1.807) is 24.3 Å². The van der Waals surface area contributed by atoms with Crippen LogP contribution in [0.2, 0.25) is 10.0 Å². The fourth-order valence-corrected chi connectivity index (χ4v) is 5.65. The Labute approximate surface area is 185 Å². The second-order valence-electron chi connectivity index (χ2n) is 7.12. The van der Waals surface area contributed by atoms with Crippen molar-refractivity contribution in [1.82, 2.24) is 9.62 Å². The molecule has 0 aliphatic carbocycles. The molecule has 0 spiro atoms. The minimum Gasteiger partial charge on any atom is -0.493 e. The van der Waals surface area contributed by atoms with Gasteiger partial charge in [0.15, 0.2) is 0 Å². The number of sulfonamides is 1. The molecule has 1 N–H and O–H groups in total. The van der Waals surface area contributed by atoms with Gasteiger partial charge in [0.1, 0.15) is 10.6 Å². The first-order valence-electron chi connectivity index (χ1n) is 8.98. The summed E-state index contributed by atoms with van der Waals surface area (Å²) < 4.78 is 33.0. The minimum absolute atomic E-state index is 0.0323. The first-order chi connectivity index (χ1) is 14.2. The molecule has 2 aromatic carbocycles. The first kappa shape index (κ1) is 22.4. The van der Waals surface area contributed by atoms with E-state index in [1.165, 1.54) is 29.6 Å². The molecule has 1 heterocycles. The predicted molar refractivity (Wildman–Crippen MR) is 113 cm³/mol. The zero-order valence-corrected chi connectivity index (χ0v) is 18.4. The van der Waals surface area contributed by atoms with Gasteiger partial charge in [0.05, 0.1) is 23.3 Å². The van der Waals surface area contributed by atoms with Crippen molar-refractivity contribution in [3.63, 3.8) is 0 Å². The molecular weight excluding hydrogens is 449 g/mol. The van der Waals surface area contributed by atoms with Crippen molar-refractivity contribution < 1.29 is 17.9 Å². The Morgan fingerprint density at radius 1 is 1.23 bits per heavy atom. The molecule has 0 radical (unpaired) electrons. The van der Waals surface area contributed by atoms with Crippen LogP contribution >= 0.6 is 23.2 Å². The predicted octanol–water partition coefficient (Wildman–Crippen LogP) is 3.07. The fourth-order valence-electron chi connectivity index (χ4n) is 3.24. The van der Waals surface area contributed by atoms with E-state index in [1.807, 2.05) is 6.07 Å². The molecule has 0 bridgehead atoms. The third-order valence-electron chi connectivity index (χ3n) is 4.88. The summed E-state index contributed by atoms with van der Waals surface area (Å²) >= 11 is 11.9. The number of rotatable bonds is 7. The summed E-state index contributed by atoms with van der Waals surface area (Å²) in [4.78, 5) is 12.0. The summed E-state index contributed by atoms with van der Waals surface area (Å²) in [6, 6.07) is 12.8. The second kappa shape index (κ2) is 8.82. The number of hydrogen-bond donors (Lipinski definition) is 1. The maximum Gasteiger partial charge on any atom is 0.244 e. The molecule has 158 valence electrons.